The molecule has 3 unspecified atom stereocenters. The molecule has 0 aliphatic carbocycles. The van der Waals surface area contributed by atoms with E-state index < -0.39 is 20.0 Å². The molecule has 0 bridgehead atoms. The Bertz CT molecular complexity index is 1100. The third-order valence-corrected chi connectivity index (χ3v) is 11.7. The molecule has 0 aromatic heterocycles. The average Bonchev–Trinajstić information content (AvgIpc) is 3.19. The molecule has 0 rings (SSSR count). The van der Waals surface area contributed by atoms with Gasteiger partial charge >= 0.3 is 7.82 Å². The van der Waals surface area contributed by atoms with Gasteiger partial charge in [0.25, 0.3) is 0 Å². The summed E-state index contributed by atoms with van der Waals surface area (Å²) in [5, 5.41) is 13.8. The van der Waals surface area contributed by atoms with Crippen LogP contribution in [0.5, 0.6) is 0 Å². The fraction of sp³-hybridized carbons (Fsp3) is 0.820. The number of allylic oxidation sites excluding steroid dienone is 7. The van der Waals surface area contributed by atoms with Gasteiger partial charge in [0.2, 0.25) is 5.91 Å². The molecule has 0 heterocycles. The molecule has 0 saturated carbocycles. The summed E-state index contributed by atoms with van der Waals surface area (Å²) in [4.78, 5) is 23.1. The highest BCUT2D eigenvalue weighted by Gasteiger charge is 2.27. The number of aliphatic hydroxyl groups excluding tert-OH is 1. The molecule has 346 valence electrons. The summed E-state index contributed by atoms with van der Waals surface area (Å²) in [6, 6.07) is -0.874. The van der Waals surface area contributed by atoms with Crippen LogP contribution in [0, 0.1) is 0 Å². The molecule has 0 spiro atoms. The van der Waals surface area contributed by atoms with Crippen LogP contribution in [0.4, 0.5) is 0 Å². The molecular weight excluding hydrogens is 756 g/mol. The Morgan fingerprint density at radius 2 is 0.932 bits per heavy atom. The lowest BCUT2D eigenvalue weighted by molar-refractivity contribution is -0.870. The number of hydrogen-bond donors (Lipinski definition) is 3. The summed E-state index contributed by atoms with van der Waals surface area (Å²) in [7, 11) is 1.54. The highest BCUT2D eigenvalue weighted by Crippen LogP contribution is 2.43. The minimum Gasteiger partial charge on any atom is -0.387 e. The van der Waals surface area contributed by atoms with Crippen molar-refractivity contribution in [3.05, 3.63) is 48.6 Å². The normalized spacial score (nSPS) is 14.6. The van der Waals surface area contributed by atoms with Gasteiger partial charge in [0.1, 0.15) is 13.2 Å². The van der Waals surface area contributed by atoms with Crippen molar-refractivity contribution in [1.29, 1.82) is 0 Å². The van der Waals surface area contributed by atoms with Crippen molar-refractivity contribution in [2.24, 2.45) is 0 Å². The second-order valence-electron chi connectivity index (χ2n) is 17.8. The maximum atomic E-state index is 12.9. The number of nitrogens with zero attached hydrogens (tertiary/aromatic N) is 1. The van der Waals surface area contributed by atoms with Gasteiger partial charge < -0.3 is 19.8 Å². The molecule has 0 aliphatic heterocycles. The van der Waals surface area contributed by atoms with Crippen molar-refractivity contribution in [1.82, 2.24) is 5.32 Å². The number of likely N-dealkylation sites (N-methyl/N-ethyl adjacent to an activating group) is 1. The van der Waals surface area contributed by atoms with E-state index in [2.05, 4.69) is 55.6 Å². The summed E-state index contributed by atoms with van der Waals surface area (Å²) >= 11 is 0. The Morgan fingerprint density at radius 3 is 1.36 bits per heavy atom. The van der Waals surface area contributed by atoms with Crippen molar-refractivity contribution in [3.8, 4) is 0 Å². The number of aliphatic hydroxyl groups is 1. The average molecular weight is 852 g/mol. The number of phosphoric ester groups is 1. The molecule has 59 heavy (non-hydrogen) atoms. The van der Waals surface area contributed by atoms with Gasteiger partial charge in [-0.25, -0.2) is 4.57 Å². The predicted octanol–water partition coefficient (Wildman–Crippen LogP) is 14.0. The second kappa shape index (κ2) is 41.8. The predicted molar refractivity (Wildman–Crippen MR) is 254 cm³/mol. The van der Waals surface area contributed by atoms with E-state index in [0.717, 1.165) is 57.8 Å². The zero-order valence-corrected chi connectivity index (χ0v) is 40.1. The molecule has 8 nitrogen and oxygen atoms in total. The summed E-state index contributed by atoms with van der Waals surface area (Å²) in [5.41, 5.74) is 0. The van der Waals surface area contributed by atoms with Crippen molar-refractivity contribution in [3.63, 3.8) is 0 Å². The van der Waals surface area contributed by atoms with Crippen molar-refractivity contribution in [2.45, 2.75) is 225 Å². The van der Waals surface area contributed by atoms with Gasteiger partial charge in [-0.15, -0.1) is 0 Å². The minimum atomic E-state index is -4.35. The lowest BCUT2D eigenvalue weighted by Gasteiger charge is -2.25. The summed E-state index contributed by atoms with van der Waals surface area (Å²) < 4.78 is 23.6. The number of rotatable bonds is 44. The molecule has 0 aromatic carbocycles. The Labute approximate surface area is 365 Å². The number of carbonyl (C=O) groups excluding carboxylic acids is 1. The van der Waals surface area contributed by atoms with Gasteiger partial charge in [-0.2, -0.15) is 0 Å². The molecule has 3 N–H and O–H groups in total. The van der Waals surface area contributed by atoms with E-state index in [0.29, 0.717) is 17.4 Å². The van der Waals surface area contributed by atoms with E-state index in [9.17, 15) is 19.4 Å². The standard InChI is InChI=1S/C50H95N2O6P/c1-6-8-10-12-14-16-18-20-22-23-24-25-26-27-28-30-31-33-35-37-39-41-43-49(53)48(47-58-59(55,56)57-46-45-52(3,4)5)51-50(54)44-42-40-38-36-34-32-29-21-19-17-15-13-11-9-7-2/h21,27-29,33,35,41,43,48-49,53H,6-20,22-26,30-32,34,36-40,42,44-47H2,1-5H3,(H-,51,54,55,56)/p+1/b28-27+,29-21-,35-33+,43-41+. The first-order valence-electron chi connectivity index (χ1n) is 24.5. The van der Waals surface area contributed by atoms with Crippen LogP contribution in [0.25, 0.3) is 0 Å². The van der Waals surface area contributed by atoms with Crippen molar-refractivity contribution < 1.29 is 32.9 Å². The quantitative estimate of drug-likeness (QED) is 0.0244. The van der Waals surface area contributed by atoms with E-state index in [1.807, 2.05) is 27.2 Å². The second-order valence-corrected chi connectivity index (χ2v) is 19.3. The fourth-order valence-electron chi connectivity index (χ4n) is 6.83. The zero-order valence-electron chi connectivity index (χ0n) is 39.2. The fourth-order valence-corrected chi connectivity index (χ4v) is 7.57. The smallest absolute Gasteiger partial charge is 0.387 e. The third kappa shape index (κ3) is 44.3. The Morgan fingerprint density at radius 1 is 0.559 bits per heavy atom. The highest BCUT2D eigenvalue weighted by atomic mass is 31.2. The van der Waals surface area contributed by atoms with Gasteiger partial charge in [-0.05, 0) is 70.6 Å². The van der Waals surface area contributed by atoms with E-state index in [1.165, 1.54) is 135 Å². The Kier molecular flexibility index (Phi) is 40.7. The first-order chi connectivity index (χ1) is 28.5. The van der Waals surface area contributed by atoms with Crippen LogP contribution < -0.4 is 5.32 Å². The van der Waals surface area contributed by atoms with Gasteiger partial charge in [0, 0.05) is 6.42 Å². The molecule has 0 radical (unpaired) electrons. The van der Waals surface area contributed by atoms with Crippen LogP contribution in [0.2, 0.25) is 0 Å². The molecule has 0 fully saturated rings. The van der Waals surface area contributed by atoms with Crippen molar-refractivity contribution in [2.75, 3.05) is 40.9 Å². The molecular formula is C50H96N2O6P+. The number of phosphoric acid groups is 1. The lowest BCUT2D eigenvalue weighted by Crippen LogP contribution is -2.45. The highest BCUT2D eigenvalue weighted by molar-refractivity contribution is 7.47. The maximum Gasteiger partial charge on any atom is 0.472 e. The van der Waals surface area contributed by atoms with Crippen LogP contribution in [-0.2, 0) is 18.4 Å². The molecule has 0 aromatic rings. The van der Waals surface area contributed by atoms with Crippen LogP contribution in [0.1, 0.15) is 213 Å². The molecule has 3 atom stereocenters. The van der Waals surface area contributed by atoms with Gasteiger partial charge in [-0.3, -0.25) is 13.8 Å². The summed E-state index contributed by atoms with van der Waals surface area (Å²) in [6.45, 7) is 4.77. The number of amides is 1. The first-order valence-corrected chi connectivity index (χ1v) is 26.0. The largest absolute Gasteiger partial charge is 0.472 e. The molecule has 1 amide bonds. The van der Waals surface area contributed by atoms with Crippen LogP contribution >= 0.6 is 7.82 Å². The molecule has 0 aliphatic rings. The molecule has 0 saturated heterocycles. The van der Waals surface area contributed by atoms with Crippen molar-refractivity contribution >= 4 is 13.7 Å². The van der Waals surface area contributed by atoms with Crippen LogP contribution in [0.3, 0.4) is 0 Å². The maximum absolute atomic E-state index is 12.9. The number of hydrogen-bond acceptors (Lipinski definition) is 5. The SMILES string of the molecule is CCCCCCCC/C=C\CCCCCCCC(=O)NC(COP(=O)(O)OCC[N+](C)(C)C)C(O)/C=C/CC/C=C/CC/C=C/CCCCCCCCCCCCCC. The monoisotopic (exact) mass is 852 g/mol. The van der Waals surface area contributed by atoms with Gasteiger partial charge in [-0.1, -0.05) is 184 Å². The van der Waals surface area contributed by atoms with Crippen LogP contribution in [-0.4, -0.2) is 73.4 Å². The van der Waals surface area contributed by atoms with Gasteiger partial charge in [0.15, 0.2) is 0 Å². The molecule has 9 heteroatoms. The number of quaternary nitrogens is 1. The topological polar surface area (TPSA) is 105 Å². The zero-order chi connectivity index (χ0) is 43.6. The number of carbonyl (C=O) groups is 1. The van der Waals surface area contributed by atoms with E-state index >= 15 is 0 Å². The van der Waals surface area contributed by atoms with Gasteiger partial charge in [0.05, 0.1) is 39.9 Å². The number of unbranched alkanes of at least 4 members (excludes halogenated alkanes) is 25. The summed E-state index contributed by atoms with van der Waals surface area (Å²) in [6.07, 6.45) is 53.4. The number of nitrogens with one attached hydrogen (secondary N) is 1. The van der Waals surface area contributed by atoms with E-state index in [1.54, 1.807) is 6.08 Å². The summed E-state index contributed by atoms with van der Waals surface area (Å²) in [5.74, 6) is -0.200. The first kappa shape index (κ1) is 57.5. The van der Waals surface area contributed by atoms with Crippen LogP contribution in [0.15, 0.2) is 48.6 Å². The third-order valence-electron chi connectivity index (χ3n) is 10.7. The van der Waals surface area contributed by atoms with E-state index in [4.69, 9.17) is 9.05 Å². The lowest BCUT2D eigenvalue weighted by atomic mass is 10.0. The Balaban J connectivity index is 4.43. The van der Waals surface area contributed by atoms with E-state index in [-0.39, 0.29) is 19.1 Å². The minimum absolute atomic E-state index is 0.0511. The Hall–Kier alpha value is -1.54.